The highest BCUT2D eigenvalue weighted by atomic mass is 31.1. The van der Waals surface area contributed by atoms with Crippen LogP contribution in [0.2, 0.25) is 0 Å². The van der Waals surface area contributed by atoms with E-state index in [1.807, 2.05) is 20.8 Å². The van der Waals surface area contributed by atoms with Crippen LogP contribution in [0.5, 0.6) is 0 Å². The van der Waals surface area contributed by atoms with Crippen LogP contribution in [0.25, 0.3) is 0 Å². The zero-order valence-electron chi connectivity index (χ0n) is 8.00. The van der Waals surface area contributed by atoms with Gasteiger partial charge in [0, 0.05) is 14.8 Å². The van der Waals surface area contributed by atoms with Gasteiger partial charge in [0.1, 0.15) is 0 Å². The largest absolute Gasteiger partial charge is 0.466 e. The minimum Gasteiger partial charge on any atom is -0.466 e. The van der Waals surface area contributed by atoms with Gasteiger partial charge in [0.2, 0.25) is 0 Å². The lowest BCUT2D eigenvalue weighted by atomic mass is 10.8. The fourth-order valence-corrected chi connectivity index (χ4v) is 2.02. The van der Waals surface area contributed by atoms with E-state index >= 15 is 0 Å². The minimum atomic E-state index is -0.584. The van der Waals surface area contributed by atoms with Gasteiger partial charge in [-0.3, -0.25) is 4.79 Å². The van der Waals surface area contributed by atoms with Gasteiger partial charge in [-0.15, -0.1) is 0 Å². The van der Waals surface area contributed by atoms with Gasteiger partial charge >= 0.3 is 5.97 Å². The van der Waals surface area contributed by atoms with Crippen LogP contribution >= 0.6 is 8.15 Å². The molecule has 12 heavy (non-hydrogen) atoms. The third-order valence-electron chi connectivity index (χ3n) is 1.28. The Morgan fingerprint density at radius 1 is 1.25 bits per heavy atom. The summed E-state index contributed by atoms with van der Waals surface area (Å²) in [5, 5.41) is 0. The zero-order valence-corrected chi connectivity index (χ0v) is 8.89. The average molecular weight is 192 g/mol. The Morgan fingerprint density at radius 2 is 1.92 bits per heavy atom. The highest BCUT2D eigenvalue weighted by Crippen LogP contribution is 2.35. The summed E-state index contributed by atoms with van der Waals surface area (Å²) in [7, 11) is -0.584. The monoisotopic (exact) mass is 192 g/mol. The molecule has 0 amide bonds. The molecule has 3 nitrogen and oxygen atoms in total. The van der Waals surface area contributed by atoms with E-state index in [2.05, 4.69) is 0 Å². The molecular weight excluding hydrogens is 175 g/mol. The summed E-state index contributed by atoms with van der Waals surface area (Å²) in [6, 6.07) is 0. The van der Waals surface area contributed by atoms with Crippen molar-refractivity contribution < 1.29 is 14.1 Å². The van der Waals surface area contributed by atoms with Crippen LogP contribution in [0.3, 0.4) is 0 Å². The Kier molecular flexibility index (Phi) is 7.42. The van der Waals surface area contributed by atoms with E-state index in [9.17, 15) is 4.79 Å². The lowest BCUT2D eigenvalue weighted by Gasteiger charge is -2.13. The van der Waals surface area contributed by atoms with Crippen molar-refractivity contribution in [2.45, 2.75) is 20.8 Å². The van der Waals surface area contributed by atoms with Gasteiger partial charge in [-0.2, -0.15) is 0 Å². The highest BCUT2D eigenvalue weighted by Gasteiger charge is 2.12. The van der Waals surface area contributed by atoms with E-state index in [0.29, 0.717) is 19.4 Å². The van der Waals surface area contributed by atoms with Crippen LogP contribution in [-0.4, -0.2) is 31.5 Å². The molecule has 0 heterocycles. The molecule has 0 saturated carbocycles. The number of rotatable bonds is 6. The molecule has 0 rings (SSSR count). The van der Waals surface area contributed by atoms with E-state index in [4.69, 9.17) is 9.26 Å². The van der Waals surface area contributed by atoms with Crippen molar-refractivity contribution in [2.75, 3.05) is 25.5 Å². The molecule has 0 aromatic rings. The van der Waals surface area contributed by atoms with Crippen molar-refractivity contribution in [1.29, 1.82) is 0 Å². The van der Waals surface area contributed by atoms with Crippen molar-refractivity contribution in [3.05, 3.63) is 0 Å². The van der Waals surface area contributed by atoms with Crippen molar-refractivity contribution >= 4 is 14.1 Å². The second-order valence-corrected chi connectivity index (χ2v) is 4.35. The molecule has 0 N–H and O–H groups in total. The third kappa shape index (κ3) is 5.50. The van der Waals surface area contributed by atoms with Gasteiger partial charge in [-0.25, -0.2) is 0 Å². The Labute approximate surface area is 75.3 Å². The van der Waals surface area contributed by atoms with Crippen molar-refractivity contribution in [3.63, 3.8) is 0 Å². The lowest BCUT2D eigenvalue weighted by Crippen LogP contribution is -2.09. The summed E-state index contributed by atoms with van der Waals surface area (Å²) in [5.74, 6) is -0.140. The van der Waals surface area contributed by atoms with Crippen molar-refractivity contribution in [2.24, 2.45) is 0 Å². The maximum absolute atomic E-state index is 11.0. The fraction of sp³-hybridized carbons (Fsp3) is 0.875. The maximum atomic E-state index is 11.0. The maximum Gasteiger partial charge on any atom is 0.312 e. The van der Waals surface area contributed by atoms with Crippen LogP contribution in [0.4, 0.5) is 0 Å². The predicted molar refractivity (Wildman–Crippen MR) is 50.6 cm³/mol. The van der Waals surface area contributed by atoms with Crippen LogP contribution in [-0.2, 0) is 14.1 Å². The zero-order chi connectivity index (χ0) is 9.40. The van der Waals surface area contributed by atoms with Crippen LogP contribution in [0, 0.1) is 0 Å². The first kappa shape index (κ1) is 11.9. The molecule has 72 valence electrons. The molecular formula is C8H17O3P. The van der Waals surface area contributed by atoms with Crippen molar-refractivity contribution in [3.8, 4) is 0 Å². The van der Waals surface area contributed by atoms with E-state index < -0.39 is 8.15 Å². The second-order valence-electron chi connectivity index (χ2n) is 2.18. The lowest BCUT2D eigenvalue weighted by molar-refractivity contribution is -0.140. The molecule has 0 aromatic carbocycles. The number of hydrogen-bond acceptors (Lipinski definition) is 3. The Hall–Kier alpha value is -0.140. The van der Waals surface area contributed by atoms with Gasteiger partial charge in [-0.1, -0.05) is 6.92 Å². The van der Waals surface area contributed by atoms with E-state index in [1.54, 1.807) is 0 Å². The van der Waals surface area contributed by atoms with Gasteiger partial charge < -0.3 is 9.26 Å². The SMILES string of the molecule is CCOC(=O)CP(CC)OCC. The van der Waals surface area contributed by atoms with Crippen molar-refractivity contribution in [1.82, 2.24) is 0 Å². The third-order valence-corrected chi connectivity index (χ3v) is 3.21. The van der Waals surface area contributed by atoms with Gasteiger partial charge in [0.05, 0.1) is 12.8 Å². The van der Waals surface area contributed by atoms with E-state index in [1.165, 1.54) is 0 Å². The molecule has 0 aliphatic carbocycles. The molecule has 1 unspecified atom stereocenters. The van der Waals surface area contributed by atoms with Gasteiger partial charge in [-0.05, 0) is 20.0 Å². The fourth-order valence-electron chi connectivity index (χ4n) is 0.782. The smallest absolute Gasteiger partial charge is 0.312 e. The summed E-state index contributed by atoms with van der Waals surface area (Å²) >= 11 is 0. The number of carbonyl (C=O) groups is 1. The number of esters is 1. The van der Waals surface area contributed by atoms with Crippen LogP contribution in [0.1, 0.15) is 20.8 Å². The second kappa shape index (κ2) is 7.51. The molecule has 0 bridgehead atoms. The molecule has 0 aliphatic heterocycles. The molecule has 0 aliphatic rings. The topological polar surface area (TPSA) is 35.5 Å². The van der Waals surface area contributed by atoms with E-state index in [0.717, 1.165) is 6.16 Å². The predicted octanol–water partition coefficient (Wildman–Crippen LogP) is 2.00. The normalized spacial score (nSPS) is 12.6. The first-order valence-corrected chi connectivity index (χ1v) is 5.91. The van der Waals surface area contributed by atoms with Gasteiger partial charge in [0.15, 0.2) is 0 Å². The summed E-state index contributed by atoms with van der Waals surface area (Å²) in [5.41, 5.74) is 0. The summed E-state index contributed by atoms with van der Waals surface area (Å²) < 4.78 is 10.2. The molecule has 4 heteroatoms. The molecule has 0 aromatic heterocycles. The molecule has 1 atom stereocenters. The summed E-state index contributed by atoms with van der Waals surface area (Å²) in [4.78, 5) is 11.0. The Morgan fingerprint density at radius 3 is 2.33 bits per heavy atom. The quantitative estimate of drug-likeness (QED) is 0.477. The van der Waals surface area contributed by atoms with Gasteiger partial charge in [0.25, 0.3) is 0 Å². The Bertz CT molecular complexity index is 127. The Balaban J connectivity index is 3.61. The molecule has 0 fully saturated rings. The number of hydrogen-bond donors (Lipinski definition) is 0. The average Bonchev–Trinajstić information content (AvgIpc) is 2.04. The molecule has 0 radical (unpaired) electrons. The standard InChI is InChI=1S/C8H17O3P/c1-4-10-8(9)7-12(6-3)11-5-2/h4-7H2,1-3H3. The molecule has 0 saturated heterocycles. The first-order valence-electron chi connectivity index (χ1n) is 4.28. The summed E-state index contributed by atoms with van der Waals surface area (Å²) in [6.45, 7) is 6.92. The summed E-state index contributed by atoms with van der Waals surface area (Å²) in [6.07, 6.45) is 1.36. The van der Waals surface area contributed by atoms with Crippen LogP contribution < -0.4 is 0 Å². The minimum absolute atomic E-state index is 0.140. The number of carbonyl (C=O) groups excluding carboxylic acids is 1. The first-order chi connectivity index (χ1) is 5.74. The number of ether oxygens (including phenoxy) is 1. The van der Waals surface area contributed by atoms with E-state index in [-0.39, 0.29) is 5.97 Å². The van der Waals surface area contributed by atoms with Crippen LogP contribution in [0.15, 0.2) is 0 Å². The molecule has 0 spiro atoms. The highest BCUT2D eigenvalue weighted by molar-refractivity contribution is 7.53.